The second-order valence-electron chi connectivity index (χ2n) is 2.34. The zero-order chi connectivity index (χ0) is 8.41. The lowest BCUT2D eigenvalue weighted by atomic mass is 11.4. The fraction of sp³-hybridized carbons (Fsp3) is 0.600. The van der Waals surface area contributed by atoms with Gasteiger partial charge in [0.25, 0.3) is 0 Å². The molecule has 0 amide bonds. The van der Waals surface area contributed by atoms with E-state index < -0.39 is 15.9 Å². The first-order valence-electron chi connectivity index (χ1n) is 2.50. The Morgan fingerprint density at radius 2 is 1.80 bits per heavy atom. The van der Waals surface area contributed by atoms with Gasteiger partial charge in [-0.2, -0.15) is 0 Å². The molecule has 0 bridgehead atoms. The molecule has 0 aromatic heterocycles. The molecule has 0 heterocycles. The third-order valence-electron chi connectivity index (χ3n) is 0.500. The molecular formula is C5H9O2PS2. The molecule has 0 aliphatic carbocycles. The maximum absolute atomic E-state index is 10.5. The van der Waals surface area contributed by atoms with Crippen molar-refractivity contribution in [2.45, 2.75) is 0 Å². The molecule has 0 fully saturated rings. The standard InChI is InChI=1S/C5H9O2PS2/c1-8(2,9)4-5-10(3,6)7/h1-3H3. The van der Waals surface area contributed by atoms with Gasteiger partial charge in [0.2, 0.25) is 9.84 Å². The van der Waals surface area contributed by atoms with Crippen molar-refractivity contribution in [3.8, 4) is 10.9 Å². The number of sulfone groups is 1. The first-order chi connectivity index (χ1) is 4.21. The second kappa shape index (κ2) is 3.04. The average Bonchev–Trinajstić information content (AvgIpc) is 1.57. The Bertz CT molecular complexity index is 311. The third kappa shape index (κ3) is 8.16. The molecule has 0 unspecified atom stereocenters. The molecule has 0 saturated carbocycles. The summed E-state index contributed by atoms with van der Waals surface area (Å²) in [6, 6.07) is -1.67. The largest absolute Gasteiger partial charge is 0.216 e. The smallest absolute Gasteiger partial charge is 0.214 e. The highest BCUT2D eigenvalue weighted by Gasteiger charge is 1.96. The molecule has 0 aromatic carbocycles. The Morgan fingerprint density at radius 1 is 1.40 bits per heavy atom. The minimum atomic E-state index is -3.16. The highest BCUT2D eigenvalue weighted by Crippen LogP contribution is 2.33. The van der Waals surface area contributed by atoms with Crippen molar-refractivity contribution in [1.82, 2.24) is 0 Å². The van der Waals surface area contributed by atoms with Gasteiger partial charge in [0.05, 0.1) is 6.26 Å². The van der Waals surface area contributed by atoms with Crippen LogP contribution in [0.25, 0.3) is 0 Å². The summed E-state index contributed by atoms with van der Waals surface area (Å²) in [6.45, 7) is 3.58. The van der Waals surface area contributed by atoms with E-state index in [1.165, 1.54) is 0 Å². The SMILES string of the molecule is CP(C)(=S)C#CS(C)(=O)=O. The normalized spacial score (nSPS) is 11.9. The van der Waals surface area contributed by atoms with E-state index in [9.17, 15) is 8.42 Å². The Labute approximate surface area is 66.9 Å². The monoisotopic (exact) mass is 196 g/mol. The Morgan fingerprint density at radius 3 is 1.90 bits per heavy atom. The zero-order valence-corrected chi connectivity index (χ0v) is 8.61. The number of hydrogen-bond donors (Lipinski definition) is 0. The van der Waals surface area contributed by atoms with Crippen LogP contribution in [0.2, 0.25) is 0 Å². The van der Waals surface area contributed by atoms with Gasteiger partial charge in [0.15, 0.2) is 0 Å². The fourth-order valence-corrected chi connectivity index (χ4v) is 2.07. The first kappa shape index (κ1) is 10.2. The molecule has 0 N–H and O–H groups in total. The Kier molecular flexibility index (Phi) is 3.09. The van der Waals surface area contributed by atoms with Gasteiger partial charge in [-0.15, -0.1) is 0 Å². The van der Waals surface area contributed by atoms with Crippen LogP contribution < -0.4 is 0 Å². The number of rotatable bonds is 0. The summed E-state index contributed by atoms with van der Waals surface area (Å²) in [7, 11) is -3.16. The van der Waals surface area contributed by atoms with Crippen molar-refractivity contribution in [1.29, 1.82) is 0 Å². The van der Waals surface area contributed by atoms with Crippen LogP contribution in [-0.2, 0) is 21.6 Å². The number of hydrogen-bond acceptors (Lipinski definition) is 3. The molecule has 5 heteroatoms. The Hall–Kier alpha value is 0.160. The predicted molar refractivity (Wildman–Crippen MR) is 48.8 cm³/mol. The van der Waals surface area contributed by atoms with Crippen LogP contribution >= 0.6 is 6.04 Å². The molecule has 0 spiro atoms. The molecule has 58 valence electrons. The van der Waals surface area contributed by atoms with Crippen molar-refractivity contribution in [2.24, 2.45) is 0 Å². The van der Waals surface area contributed by atoms with Crippen molar-refractivity contribution in [3.63, 3.8) is 0 Å². The van der Waals surface area contributed by atoms with E-state index in [0.717, 1.165) is 6.26 Å². The van der Waals surface area contributed by atoms with E-state index >= 15 is 0 Å². The second-order valence-corrected chi connectivity index (χ2v) is 9.75. The Balaban J connectivity index is 4.69. The topological polar surface area (TPSA) is 34.1 Å². The minimum Gasteiger partial charge on any atom is -0.216 e. The van der Waals surface area contributed by atoms with Gasteiger partial charge in [-0.3, -0.25) is 0 Å². The molecule has 10 heavy (non-hydrogen) atoms. The summed E-state index contributed by atoms with van der Waals surface area (Å²) < 4.78 is 21.0. The van der Waals surface area contributed by atoms with Crippen LogP contribution in [0.5, 0.6) is 0 Å². The molecule has 0 aromatic rings. The fourth-order valence-electron chi connectivity index (χ4n) is 0.193. The third-order valence-corrected chi connectivity index (χ3v) is 2.05. The summed E-state index contributed by atoms with van der Waals surface area (Å²) >= 11 is 4.93. The molecule has 0 radical (unpaired) electrons. The van der Waals surface area contributed by atoms with E-state index in [-0.39, 0.29) is 0 Å². The average molecular weight is 196 g/mol. The van der Waals surface area contributed by atoms with E-state index in [2.05, 4.69) is 10.9 Å². The quantitative estimate of drug-likeness (QED) is 0.422. The van der Waals surface area contributed by atoms with E-state index in [0.29, 0.717) is 0 Å². The van der Waals surface area contributed by atoms with Crippen LogP contribution in [0.15, 0.2) is 0 Å². The summed E-state index contributed by atoms with van der Waals surface area (Å²) in [5.41, 5.74) is 2.55. The molecule has 2 nitrogen and oxygen atoms in total. The molecular weight excluding hydrogens is 187 g/mol. The highest BCUT2D eigenvalue weighted by atomic mass is 32.4. The van der Waals surface area contributed by atoms with Crippen LogP contribution in [-0.4, -0.2) is 28.0 Å². The van der Waals surface area contributed by atoms with E-state index in [4.69, 9.17) is 11.8 Å². The van der Waals surface area contributed by atoms with Crippen molar-refractivity contribution >= 4 is 27.7 Å². The molecule has 0 saturated heterocycles. The lowest BCUT2D eigenvalue weighted by molar-refractivity contribution is 0.611. The van der Waals surface area contributed by atoms with Crippen LogP contribution in [0.1, 0.15) is 0 Å². The van der Waals surface area contributed by atoms with Gasteiger partial charge in [-0.25, -0.2) is 8.42 Å². The van der Waals surface area contributed by atoms with Gasteiger partial charge in [0.1, 0.15) is 0 Å². The molecule has 0 aliphatic rings. The zero-order valence-electron chi connectivity index (χ0n) is 6.08. The van der Waals surface area contributed by atoms with Gasteiger partial charge >= 0.3 is 0 Å². The summed E-state index contributed by atoms with van der Waals surface area (Å²) in [5, 5.41) is 2.13. The van der Waals surface area contributed by atoms with Gasteiger partial charge < -0.3 is 0 Å². The van der Waals surface area contributed by atoms with E-state index in [1.807, 2.05) is 0 Å². The lowest BCUT2D eigenvalue weighted by Gasteiger charge is -1.94. The minimum absolute atomic E-state index is 1.07. The summed E-state index contributed by atoms with van der Waals surface area (Å²) in [6.07, 6.45) is 1.07. The maximum atomic E-state index is 10.5. The van der Waals surface area contributed by atoms with E-state index in [1.54, 1.807) is 13.3 Å². The van der Waals surface area contributed by atoms with Crippen molar-refractivity contribution in [3.05, 3.63) is 0 Å². The predicted octanol–water partition coefficient (Wildman–Crippen LogP) is 0.688. The molecule has 0 atom stereocenters. The first-order valence-corrected chi connectivity index (χ1v) is 8.08. The summed E-state index contributed by atoms with van der Waals surface area (Å²) in [5.74, 6) is 0. The summed E-state index contributed by atoms with van der Waals surface area (Å²) in [4.78, 5) is 0. The van der Waals surface area contributed by atoms with Crippen LogP contribution in [0.4, 0.5) is 0 Å². The van der Waals surface area contributed by atoms with Crippen LogP contribution in [0, 0.1) is 10.9 Å². The van der Waals surface area contributed by atoms with Gasteiger partial charge in [0, 0.05) is 11.3 Å². The van der Waals surface area contributed by atoms with Crippen LogP contribution in [0.3, 0.4) is 0 Å². The van der Waals surface area contributed by atoms with Gasteiger partial charge in [-0.05, 0) is 19.0 Å². The van der Waals surface area contributed by atoms with Gasteiger partial charge in [-0.1, -0.05) is 11.8 Å². The molecule has 0 aliphatic heterocycles. The van der Waals surface area contributed by atoms with Crippen molar-refractivity contribution in [2.75, 3.05) is 19.6 Å². The van der Waals surface area contributed by atoms with Crippen molar-refractivity contribution < 1.29 is 8.42 Å². The maximum Gasteiger partial charge on any atom is 0.214 e. The lowest BCUT2D eigenvalue weighted by Crippen LogP contribution is -1.88. The molecule has 0 rings (SSSR count). The highest BCUT2D eigenvalue weighted by molar-refractivity contribution is 8.16.